The van der Waals surface area contributed by atoms with Gasteiger partial charge in [0.25, 0.3) is 0 Å². The zero-order valence-corrected chi connectivity index (χ0v) is 12.4. The van der Waals surface area contributed by atoms with Crippen molar-refractivity contribution in [2.45, 2.75) is 25.8 Å². The molecule has 2 aromatic heterocycles. The van der Waals surface area contributed by atoms with Crippen molar-refractivity contribution < 1.29 is 0 Å². The molecule has 1 fully saturated rings. The first-order chi connectivity index (χ1) is 10.2. The van der Waals surface area contributed by atoms with Crippen molar-refractivity contribution >= 4 is 17.5 Å². The van der Waals surface area contributed by atoms with E-state index in [0.717, 1.165) is 30.2 Å². The number of aryl methyl sites for hydroxylation is 2. The summed E-state index contributed by atoms with van der Waals surface area (Å²) in [6.07, 6.45) is 7.94. The fourth-order valence-corrected chi connectivity index (χ4v) is 2.45. The Morgan fingerprint density at radius 2 is 2.33 bits per heavy atom. The van der Waals surface area contributed by atoms with Gasteiger partial charge in [0.2, 0.25) is 5.95 Å². The lowest BCUT2D eigenvalue weighted by Crippen LogP contribution is -2.29. The van der Waals surface area contributed by atoms with E-state index in [-0.39, 0.29) is 0 Å². The minimum Gasteiger partial charge on any atom is -0.368 e. The van der Waals surface area contributed by atoms with Gasteiger partial charge in [0.1, 0.15) is 5.82 Å². The molecule has 0 bridgehead atoms. The Kier molecular flexibility index (Phi) is 4.01. The predicted octanol–water partition coefficient (Wildman–Crippen LogP) is 1.43. The highest BCUT2D eigenvalue weighted by Gasteiger charge is 2.14. The molecule has 3 heterocycles. The fraction of sp³-hybridized carbons (Fsp3) is 0.500. The Hall–Kier alpha value is -2.15. The number of nitrogens with zero attached hydrogens (tertiary/aromatic N) is 4. The average Bonchev–Trinajstić information content (AvgIpc) is 3.11. The van der Waals surface area contributed by atoms with Gasteiger partial charge in [0.05, 0.1) is 11.9 Å². The number of anilines is 3. The van der Waals surface area contributed by atoms with Gasteiger partial charge in [0, 0.05) is 37.6 Å². The largest absolute Gasteiger partial charge is 0.368 e. The van der Waals surface area contributed by atoms with Gasteiger partial charge in [-0.05, 0) is 26.3 Å². The quantitative estimate of drug-likeness (QED) is 0.772. The van der Waals surface area contributed by atoms with Crippen LogP contribution in [0.3, 0.4) is 0 Å². The van der Waals surface area contributed by atoms with Gasteiger partial charge < -0.3 is 16.0 Å². The second-order valence-electron chi connectivity index (χ2n) is 5.43. The summed E-state index contributed by atoms with van der Waals surface area (Å²) in [7, 11) is 1.88. The Balaban J connectivity index is 1.66. The van der Waals surface area contributed by atoms with Crippen LogP contribution < -0.4 is 16.0 Å². The van der Waals surface area contributed by atoms with Gasteiger partial charge >= 0.3 is 0 Å². The van der Waals surface area contributed by atoms with E-state index < -0.39 is 0 Å². The molecule has 1 atom stereocenters. The second-order valence-corrected chi connectivity index (χ2v) is 5.43. The Morgan fingerprint density at radius 3 is 3.05 bits per heavy atom. The third-order valence-electron chi connectivity index (χ3n) is 3.61. The topological polar surface area (TPSA) is 79.7 Å². The summed E-state index contributed by atoms with van der Waals surface area (Å²) in [6.45, 7) is 4.02. The van der Waals surface area contributed by atoms with Crippen molar-refractivity contribution in [3.05, 3.63) is 24.2 Å². The first-order valence-corrected chi connectivity index (χ1v) is 7.27. The van der Waals surface area contributed by atoms with E-state index in [0.29, 0.717) is 12.0 Å². The average molecular weight is 287 g/mol. The molecular formula is C14H21N7. The second kappa shape index (κ2) is 6.09. The molecule has 0 spiro atoms. The first kappa shape index (κ1) is 13.8. The van der Waals surface area contributed by atoms with E-state index in [1.165, 1.54) is 12.8 Å². The van der Waals surface area contributed by atoms with Crippen LogP contribution >= 0.6 is 0 Å². The third-order valence-corrected chi connectivity index (χ3v) is 3.61. The predicted molar refractivity (Wildman–Crippen MR) is 82.8 cm³/mol. The van der Waals surface area contributed by atoms with Gasteiger partial charge in [-0.1, -0.05) is 0 Å². The van der Waals surface area contributed by atoms with E-state index in [9.17, 15) is 0 Å². The Labute approximate surface area is 124 Å². The van der Waals surface area contributed by atoms with Crippen molar-refractivity contribution in [3.8, 4) is 0 Å². The molecule has 0 radical (unpaired) electrons. The lowest BCUT2D eigenvalue weighted by atomic mass is 10.2. The van der Waals surface area contributed by atoms with Crippen LogP contribution in [-0.4, -0.2) is 38.9 Å². The van der Waals surface area contributed by atoms with Crippen molar-refractivity contribution in [1.82, 2.24) is 25.1 Å². The van der Waals surface area contributed by atoms with Gasteiger partial charge in [-0.15, -0.1) is 0 Å². The van der Waals surface area contributed by atoms with E-state index in [1.54, 1.807) is 10.9 Å². The maximum Gasteiger partial charge on any atom is 0.229 e. The number of hydrogen-bond donors (Lipinski definition) is 3. The normalized spacial score (nSPS) is 17.9. The molecule has 0 amide bonds. The van der Waals surface area contributed by atoms with Crippen LogP contribution in [0.15, 0.2) is 18.6 Å². The highest BCUT2D eigenvalue weighted by Crippen LogP contribution is 2.17. The minimum atomic E-state index is 0.536. The third kappa shape index (κ3) is 3.49. The standard InChI is InChI=1S/C14H21N7/c1-10-6-17-14(19-12-8-18-21(2)9-12)20-13(10)16-7-11-4-3-5-15-11/h6,8-9,11,15H,3-5,7H2,1-2H3,(H2,16,17,19,20). The lowest BCUT2D eigenvalue weighted by Gasteiger charge is -2.14. The molecule has 1 unspecified atom stereocenters. The van der Waals surface area contributed by atoms with E-state index in [4.69, 9.17) is 0 Å². The zero-order chi connectivity index (χ0) is 14.7. The summed E-state index contributed by atoms with van der Waals surface area (Å²) in [4.78, 5) is 8.85. The van der Waals surface area contributed by atoms with Gasteiger partial charge in [0.15, 0.2) is 0 Å². The van der Waals surface area contributed by atoms with Crippen LogP contribution in [0, 0.1) is 6.92 Å². The van der Waals surface area contributed by atoms with Crippen LogP contribution in [0.5, 0.6) is 0 Å². The highest BCUT2D eigenvalue weighted by atomic mass is 15.3. The van der Waals surface area contributed by atoms with Crippen molar-refractivity contribution in [3.63, 3.8) is 0 Å². The van der Waals surface area contributed by atoms with Gasteiger partial charge in [-0.3, -0.25) is 4.68 Å². The molecule has 0 aromatic carbocycles. The molecule has 0 aliphatic carbocycles. The van der Waals surface area contributed by atoms with Crippen LogP contribution in [0.2, 0.25) is 0 Å². The lowest BCUT2D eigenvalue weighted by molar-refractivity contribution is 0.632. The van der Waals surface area contributed by atoms with Crippen molar-refractivity contribution in [2.75, 3.05) is 23.7 Å². The number of rotatable bonds is 5. The summed E-state index contributed by atoms with van der Waals surface area (Å²) < 4.78 is 1.74. The van der Waals surface area contributed by atoms with E-state index >= 15 is 0 Å². The van der Waals surface area contributed by atoms with E-state index in [2.05, 4.69) is 31.0 Å². The SMILES string of the molecule is Cc1cnc(Nc2cnn(C)c2)nc1NCC1CCCN1. The van der Waals surface area contributed by atoms with E-state index in [1.807, 2.05) is 26.4 Å². The molecule has 1 aliphatic heterocycles. The smallest absolute Gasteiger partial charge is 0.229 e. The minimum absolute atomic E-state index is 0.536. The summed E-state index contributed by atoms with van der Waals surface area (Å²) in [5, 5.41) is 14.2. The maximum absolute atomic E-state index is 4.54. The monoisotopic (exact) mass is 287 g/mol. The van der Waals surface area contributed by atoms with Crippen LogP contribution in [0.25, 0.3) is 0 Å². The molecule has 7 nitrogen and oxygen atoms in total. The molecule has 3 rings (SSSR count). The van der Waals surface area contributed by atoms with Crippen molar-refractivity contribution in [1.29, 1.82) is 0 Å². The molecule has 2 aromatic rings. The number of nitrogens with one attached hydrogen (secondary N) is 3. The summed E-state index contributed by atoms with van der Waals surface area (Å²) in [5.74, 6) is 1.46. The maximum atomic E-state index is 4.54. The van der Waals surface area contributed by atoms with Crippen LogP contribution in [0.1, 0.15) is 18.4 Å². The Morgan fingerprint density at radius 1 is 1.43 bits per heavy atom. The van der Waals surface area contributed by atoms with Gasteiger partial charge in [-0.2, -0.15) is 10.1 Å². The number of aromatic nitrogens is 4. The van der Waals surface area contributed by atoms with Crippen LogP contribution in [-0.2, 0) is 7.05 Å². The zero-order valence-electron chi connectivity index (χ0n) is 12.4. The van der Waals surface area contributed by atoms with Crippen molar-refractivity contribution in [2.24, 2.45) is 7.05 Å². The molecule has 21 heavy (non-hydrogen) atoms. The fourth-order valence-electron chi connectivity index (χ4n) is 2.45. The molecule has 1 saturated heterocycles. The molecule has 7 heteroatoms. The number of hydrogen-bond acceptors (Lipinski definition) is 6. The highest BCUT2D eigenvalue weighted by molar-refractivity contribution is 5.54. The van der Waals surface area contributed by atoms with Gasteiger partial charge in [-0.25, -0.2) is 4.98 Å². The first-order valence-electron chi connectivity index (χ1n) is 7.27. The molecule has 112 valence electrons. The van der Waals surface area contributed by atoms with Crippen LogP contribution in [0.4, 0.5) is 17.5 Å². The summed E-state index contributed by atoms with van der Waals surface area (Å²) in [5.41, 5.74) is 1.93. The Bertz CT molecular complexity index is 601. The molecular weight excluding hydrogens is 266 g/mol. The molecule has 0 saturated carbocycles. The summed E-state index contributed by atoms with van der Waals surface area (Å²) in [6, 6.07) is 0.536. The molecule has 3 N–H and O–H groups in total. The molecule has 1 aliphatic rings. The summed E-state index contributed by atoms with van der Waals surface area (Å²) >= 11 is 0.